The van der Waals surface area contributed by atoms with Crippen LogP contribution in [0.5, 0.6) is 0 Å². The van der Waals surface area contributed by atoms with Crippen molar-refractivity contribution >= 4 is 6.03 Å². The van der Waals surface area contributed by atoms with Crippen molar-refractivity contribution in [3.63, 3.8) is 0 Å². The number of hydrogen-bond acceptors (Lipinski definition) is 2. The number of nitrogens with two attached hydrogens (primary N) is 1. The molecule has 2 amide bonds. The first-order chi connectivity index (χ1) is 7.33. The maximum Gasteiger partial charge on any atom is 0.317 e. The van der Waals surface area contributed by atoms with Crippen molar-refractivity contribution in [1.82, 2.24) is 10.2 Å². The quantitative estimate of drug-likeness (QED) is 0.729. The van der Waals surface area contributed by atoms with E-state index in [1.165, 1.54) is 25.7 Å². The molecule has 0 aromatic heterocycles. The lowest BCUT2D eigenvalue weighted by Crippen LogP contribution is -2.55. The molecular formula is C11H21N3O. The molecule has 2 aliphatic rings. The van der Waals surface area contributed by atoms with E-state index in [0.29, 0.717) is 12.5 Å². The van der Waals surface area contributed by atoms with Crippen molar-refractivity contribution in [2.24, 2.45) is 11.7 Å². The summed E-state index contributed by atoms with van der Waals surface area (Å²) in [7, 11) is 0. The highest BCUT2D eigenvalue weighted by Gasteiger charge is 2.32. The molecule has 2 fully saturated rings. The van der Waals surface area contributed by atoms with Gasteiger partial charge >= 0.3 is 6.03 Å². The van der Waals surface area contributed by atoms with Crippen LogP contribution in [0.3, 0.4) is 0 Å². The zero-order valence-electron chi connectivity index (χ0n) is 9.24. The minimum absolute atomic E-state index is 0.0867. The summed E-state index contributed by atoms with van der Waals surface area (Å²) >= 11 is 0. The molecule has 3 N–H and O–H groups in total. The molecule has 86 valence electrons. The molecule has 2 rings (SSSR count). The molecular weight excluding hydrogens is 190 g/mol. The van der Waals surface area contributed by atoms with Crippen molar-refractivity contribution in [2.75, 3.05) is 19.6 Å². The summed E-state index contributed by atoms with van der Waals surface area (Å²) in [6.45, 7) is 2.31. The number of urea groups is 1. The van der Waals surface area contributed by atoms with Crippen LogP contribution in [-0.2, 0) is 0 Å². The van der Waals surface area contributed by atoms with Crippen LogP contribution in [0.15, 0.2) is 0 Å². The van der Waals surface area contributed by atoms with Gasteiger partial charge in [-0.1, -0.05) is 12.8 Å². The molecule has 15 heavy (non-hydrogen) atoms. The Labute approximate surface area is 91.2 Å². The van der Waals surface area contributed by atoms with Crippen molar-refractivity contribution in [3.8, 4) is 0 Å². The van der Waals surface area contributed by atoms with Gasteiger partial charge < -0.3 is 16.0 Å². The molecule has 1 unspecified atom stereocenters. The zero-order chi connectivity index (χ0) is 10.7. The first kappa shape index (κ1) is 10.7. The molecule has 0 radical (unpaired) electrons. The lowest BCUT2D eigenvalue weighted by atomic mass is 9.96. The standard InChI is InChI=1S/C11H21N3O/c12-8-10(9-4-1-2-5-9)14-7-3-6-13-11(14)15/h9-10H,1-8,12H2,(H,13,15). The van der Waals surface area contributed by atoms with E-state index in [2.05, 4.69) is 5.32 Å². The SMILES string of the molecule is NCC(C1CCCC1)N1CCCNC1=O. The third kappa shape index (κ3) is 2.25. The highest BCUT2D eigenvalue weighted by atomic mass is 16.2. The second-order valence-corrected chi connectivity index (χ2v) is 4.63. The van der Waals surface area contributed by atoms with Crippen molar-refractivity contribution in [2.45, 2.75) is 38.1 Å². The molecule has 4 nitrogen and oxygen atoms in total. The fraction of sp³-hybridized carbons (Fsp3) is 0.909. The minimum Gasteiger partial charge on any atom is -0.338 e. The first-order valence-electron chi connectivity index (χ1n) is 6.07. The van der Waals surface area contributed by atoms with Crippen molar-refractivity contribution in [3.05, 3.63) is 0 Å². The van der Waals surface area contributed by atoms with Gasteiger partial charge in [-0.15, -0.1) is 0 Å². The largest absolute Gasteiger partial charge is 0.338 e. The lowest BCUT2D eigenvalue weighted by Gasteiger charge is -2.37. The Bertz CT molecular complexity index is 226. The Morgan fingerprint density at radius 3 is 2.73 bits per heavy atom. The second-order valence-electron chi connectivity index (χ2n) is 4.63. The Hall–Kier alpha value is -0.770. The van der Waals surface area contributed by atoms with Gasteiger partial charge in [-0.05, 0) is 25.2 Å². The van der Waals surface area contributed by atoms with Gasteiger partial charge in [0.15, 0.2) is 0 Å². The number of hydrogen-bond donors (Lipinski definition) is 2. The first-order valence-corrected chi connectivity index (χ1v) is 6.07. The third-order valence-corrected chi connectivity index (χ3v) is 3.70. The van der Waals surface area contributed by atoms with E-state index in [4.69, 9.17) is 5.73 Å². The maximum atomic E-state index is 11.7. The Balaban J connectivity index is 2.00. The van der Waals surface area contributed by atoms with Gasteiger partial charge in [0.1, 0.15) is 0 Å². The van der Waals surface area contributed by atoms with Crippen LogP contribution < -0.4 is 11.1 Å². The maximum absolute atomic E-state index is 11.7. The topological polar surface area (TPSA) is 58.4 Å². The van der Waals surface area contributed by atoms with Gasteiger partial charge in [0.25, 0.3) is 0 Å². The van der Waals surface area contributed by atoms with Crippen LogP contribution in [0.25, 0.3) is 0 Å². The van der Waals surface area contributed by atoms with Gasteiger partial charge in [0, 0.05) is 25.7 Å². The predicted molar refractivity (Wildman–Crippen MR) is 59.5 cm³/mol. The van der Waals surface area contributed by atoms with Crippen molar-refractivity contribution in [1.29, 1.82) is 0 Å². The van der Waals surface area contributed by atoms with Gasteiger partial charge in [-0.3, -0.25) is 0 Å². The average Bonchev–Trinajstić information content (AvgIpc) is 2.75. The Morgan fingerprint density at radius 1 is 1.40 bits per heavy atom. The smallest absolute Gasteiger partial charge is 0.317 e. The number of nitrogens with zero attached hydrogens (tertiary/aromatic N) is 1. The van der Waals surface area contributed by atoms with Crippen LogP contribution in [0.4, 0.5) is 4.79 Å². The van der Waals surface area contributed by atoms with Crippen LogP contribution in [0.2, 0.25) is 0 Å². The fourth-order valence-corrected chi connectivity index (χ4v) is 2.88. The molecule has 0 spiro atoms. The van der Waals surface area contributed by atoms with Crippen LogP contribution >= 0.6 is 0 Å². The number of amides is 2. The molecule has 1 heterocycles. The van der Waals surface area contributed by atoms with Gasteiger partial charge in [0.2, 0.25) is 0 Å². The minimum atomic E-state index is 0.0867. The average molecular weight is 211 g/mol. The number of nitrogens with one attached hydrogen (secondary N) is 1. The van der Waals surface area contributed by atoms with Crippen LogP contribution in [0, 0.1) is 5.92 Å². The summed E-state index contributed by atoms with van der Waals surface area (Å²) in [5.74, 6) is 0.638. The van der Waals surface area contributed by atoms with E-state index in [-0.39, 0.29) is 12.1 Å². The molecule has 0 bridgehead atoms. The Morgan fingerprint density at radius 2 is 2.13 bits per heavy atom. The molecule has 0 aromatic carbocycles. The summed E-state index contributed by atoms with van der Waals surface area (Å²) < 4.78 is 0. The summed E-state index contributed by atoms with van der Waals surface area (Å²) in [4.78, 5) is 13.7. The van der Waals surface area contributed by atoms with Gasteiger partial charge in [-0.25, -0.2) is 4.79 Å². The summed E-state index contributed by atoms with van der Waals surface area (Å²) in [5.41, 5.74) is 5.82. The third-order valence-electron chi connectivity index (χ3n) is 3.70. The fourth-order valence-electron chi connectivity index (χ4n) is 2.88. The highest BCUT2D eigenvalue weighted by molar-refractivity contribution is 5.75. The van der Waals surface area contributed by atoms with Crippen molar-refractivity contribution < 1.29 is 4.79 Å². The second kappa shape index (κ2) is 4.84. The van der Waals surface area contributed by atoms with Gasteiger partial charge in [-0.2, -0.15) is 0 Å². The number of rotatable bonds is 3. The Kier molecular flexibility index (Phi) is 3.46. The van der Waals surface area contributed by atoms with Crippen LogP contribution in [-0.4, -0.2) is 36.6 Å². The molecule has 1 aliphatic heterocycles. The monoisotopic (exact) mass is 211 g/mol. The summed E-state index contributed by atoms with van der Waals surface area (Å²) in [5, 5.41) is 2.90. The molecule has 1 aliphatic carbocycles. The molecule has 1 saturated heterocycles. The van der Waals surface area contributed by atoms with E-state index in [9.17, 15) is 4.79 Å². The molecule has 4 heteroatoms. The highest BCUT2D eigenvalue weighted by Crippen LogP contribution is 2.30. The normalized spacial score (nSPS) is 25.4. The number of carbonyl (C=O) groups is 1. The summed E-state index contributed by atoms with van der Waals surface area (Å²) in [6.07, 6.45) is 6.14. The lowest BCUT2D eigenvalue weighted by molar-refractivity contribution is 0.138. The zero-order valence-corrected chi connectivity index (χ0v) is 9.24. The van der Waals surface area contributed by atoms with Gasteiger partial charge in [0.05, 0.1) is 0 Å². The summed E-state index contributed by atoms with van der Waals surface area (Å²) in [6, 6.07) is 0.358. The van der Waals surface area contributed by atoms with E-state index >= 15 is 0 Å². The van der Waals surface area contributed by atoms with E-state index in [0.717, 1.165) is 19.5 Å². The van der Waals surface area contributed by atoms with E-state index in [1.807, 2.05) is 4.90 Å². The molecule has 1 atom stereocenters. The van der Waals surface area contributed by atoms with E-state index in [1.54, 1.807) is 0 Å². The number of carbonyl (C=O) groups excluding carboxylic acids is 1. The van der Waals surface area contributed by atoms with Crippen LogP contribution in [0.1, 0.15) is 32.1 Å². The van der Waals surface area contributed by atoms with E-state index < -0.39 is 0 Å². The molecule has 1 saturated carbocycles. The predicted octanol–water partition coefficient (Wildman–Crippen LogP) is 0.919. The molecule has 0 aromatic rings.